The molecule has 2 unspecified atom stereocenters. The monoisotopic (exact) mass is 186 g/mol. The Kier molecular flexibility index (Phi) is 3.69. The van der Waals surface area contributed by atoms with Gasteiger partial charge in [-0.15, -0.1) is 0 Å². The normalized spacial score (nSPS) is 25.8. The van der Waals surface area contributed by atoms with Gasteiger partial charge in [0.1, 0.15) is 0 Å². The number of carbonyl (C=O) groups is 1. The Morgan fingerprint density at radius 1 is 1.77 bits per heavy atom. The van der Waals surface area contributed by atoms with Crippen molar-refractivity contribution in [2.45, 2.75) is 32.4 Å². The van der Waals surface area contributed by atoms with Gasteiger partial charge in [-0.05, 0) is 13.8 Å². The van der Waals surface area contributed by atoms with Gasteiger partial charge in [0.05, 0.1) is 19.3 Å². The van der Waals surface area contributed by atoms with Crippen LogP contribution in [0, 0.1) is 0 Å². The molecule has 0 aromatic heterocycles. The van der Waals surface area contributed by atoms with E-state index in [9.17, 15) is 4.79 Å². The lowest BCUT2D eigenvalue weighted by molar-refractivity contribution is -0.139. The third-order valence-electron chi connectivity index (χ3n) is 2.18. The molecular weight excluding hydrogens is 168 g/mol. The van der Waals surface area contributed by atoms with Gasteiger partial charge in [-0.2, -0.15) is 0 Å². The molecule has 2 N–H and O–H groups in total. The van der Waals surface area contributed by atoms with Crippen molar-refractivity contribution < 1.29 is 9.53 Å². The van der Waals surface area contributed by atoms with Crippen molar-refractivity contribution in [3.8, 4) is 0 Å². The predicted octanol–water partition coefficient (Wildman–Crippen LogP) is -0.0290. The lowest BCUT2D eigenvalue weighted by Crippen LogP contribution is -2.48. The van der Waals surface area contributed by atoms with Gasteiger partial charge >= 0.3 is 0 Å². The fourth-order valence-corrected chi connectivity index (χ4v) is 1.49. The second kappa shape index (κ2) is 4.58. The van der Waals surface area contributed by atoms with Crippen LogP contribution in [0.5, 0.6) is 0 Å². The third-order valence-corrected chi connectivity index (χ3v) is 2.18. The maximum atomic E-state index is 11.6. The first-order valence-corrected chi connectivity index (χ1v) is 4.74. The van der Waals surface area contributed by atoms with Gasteiger partial charge in [-0.1, -0.05) is 0 Å². The van der Waals surface area contributed by atoms with Crippen LogP contribution in [-0.4, -0.2) is 42.6 Å². The molecule has 0 spiro atoms. The molecule has 13 heavy (non-hydrogen) atoms. The first-order chi connectivity index (χ1) is 6.11. The number of hydrogen-bond acceptors (Lipinski definition) is 3. The zero-order chi connectivity index (χ0) is 9.84. The van der Waals surface area contributed by atoms with Crippen LogP contribution in [0.1, 0.15) is 20.3 Å². The highest BCUT2D eigenvalue weighted by Gasteiger charge is 2.23. The van der Waals surface area contributed by atoms with Crippen molar-refractivity contribution >= 4 is 5.91 Å². The molecule has 0 saturated carbocycles. The van der Waals surface area contributed by atoms with Gasteiger partial charge < -0.3 is 15.4 Å². The Labute approximate surface area is 79.0 Å². The smallest absolute Gasteiger partial charge is 0.224 e. The van der Waals surface area contributed by atoms with Crippen molar-refractivity contribution in [2.75, 3.05) is 19.8 Å². The predicted molar refractivity (Wildman–Crippen MR) is 50.3 cm³/mol. The highest BCUT2D eigenvalue weighted by Crippen LogP contribution is 2.08. The van der Waals surface area contributed by atoms with E-state index < -0.39 is 0 Å². The minimum atomic E-state index is -0.0532. The Bertz CT molecular complexity index is 182. The summed E-state index contributed by atoms with van der Waals surface area (Å²) in [5.74, 6) is 0.144. The van der Waals surface area contributed by atoms with Crippen LogP contribution in [0.2, 0.25) is 0 Å². The number of hydrogen-bond donors (Lipinski definition) is 1. The first kappa shape index (κ1) is 10.5. The van der Waals surface area contributed by atoms with Crippen molar-refractivity contribution in [3.05, 3.63) is 0 Å². The number of nitrogens with two attached hydrogens (primary N) is 1. The number of carbonyl (C=O) groups excluding carboxylic acids is 1. The quantitative estimate of drug-likeness (QED) is 0.659. The van der Waals surface area contributed by atoms with Crippen molar-refractivity contribution in [3.63, 3.8) is 0 Å². The van der Waals surface area contributed by atoms with Crippen LogP contribution in [0.3, 0.4) is 0 Å². The summed E-state index contributed by atoms with van der Waals surface area (Å²) >= 11 is 0. The maximum Gasteiger partial charge on any atom is 0.224 e. The molecule has 0 radical (unpaired) electrons. The largest absolute Gasteiger partial charge is 0.377 e. The molecule has 1 saturated heterocycles. The number of nitrogens with zero attached hydrogens (tertiary/aromatic N) is 1. The molecule has 2 atom stereocenters. The standard InChI is InChI=1S/C9H18N2O2/c1-7(10)5-9(12)11-3-4-13-6-8(11)2/h7-8H,3-6,10H2,1-2H3. The fourth-order valence-electron chi connectivity index (χ4n) is 1.49. The Morgan fingerprint density at radius 3 is 3.00 bits per heavy atom. The van der Waals surface area contributed by atoms with Gasteiger partial charge in [0.25, 0.3) is 0 Å². The summed E-state index contributed by atoms with van der Waals surface area (Å²) in [7, 11) is 0. The molecular formula is C9H18N2O2. The molecule has 1 aliphatic heterocycles. The van der Waals surface area contributed by atoms with E-state index in [0.29, 0.717) is 26.2 Å². The minimum Gasteiger partial charge on any atom is -0.377 e. The van der Waals surface area contributed by atoms with Gasteiger partial charge in [-0.25, -0.2) is 0 Å². The van der Waals surface area contributed by atoms with Crippen LogP contribution in [0.4, 0.5) is 0 Å². The van der Waals surface area contributed by atoms with Crippen LogP contribution in [0.15, 0.2) is 0 Å². The van der Waals surface area contributed by atoms with Gasteiger partial charge in [0.2, 0.25) is 5.91 Å². The molecule has 0 aliphatic carbocycles. The van der Waals surface area contributed by atoms with Crippen molar-refractivity contribution in [2.24, 2.45) is 5.73 Å². The van der Waals surface area contributed by atoms with Gasteiger partial charge in [-0.3, -0.25) is 4.79 Å². The van der Waals surface area contributed by atoms with E-state index >= 15 is 0 Å². The molecule has 1 aliphatic rings. The molecule has 0 aromatic carbocycles. The summed E-state index contributed by atoms with van der Waals surface area (Å²) in [5.41, 5.74) is 5.57. The summed E-state index contributed by atoms with van der Waals surface area (Å²) in [4.78, 5) is 13.5. The average Bonchev–Trinajstić information content (AvgIpc) is 2.03. The summed E-state index contributed by atoms with van der Waals surface area (Å²) in [6.07, 6.45) is 0.435. The highest BCUT2D eigenvalue weighted by atomic mass is 16.5. The van der Waals surface area contributed by atoms with E-state index in [4.69, 9.17) is 10.5 Å². The molecule has 1 amide bonds. The molecule has 1 rings (SSSR count). The van der Waals surface area contributed by atoms with Crippen LogP contribution in [0.25, 0.3) is 0 Å². The van der Waals surface area contributed by atoms with Crippen LogP contribution < -0.4 is 5.73 Å². The minimum absolute atomic E-state index is 0.0532. The van der Waals surface area contributed by atoms with Crippen molar-refractivity contribution in [1.82, 2.24) is 4.90 Å². The van der Waals surface area contributed by atoms with E-state index in [0.717, 1.165) is 0 Å². The summed E-state index contributed by atoms with van der Waals surface area (Å²) < 4.78 is 5.24. The van der Waals surface area contributed by atoms with E-state index in [1.165, 1.54) is 0 Å². The van der Waals surface area contributed by atoms with Crippen LogP contribution in [-0.2, 0) is 9.53 Å². The van der Waals surface area contributed by atoms with Crippen molar-refractivity contribution in [1.29, 1.82) is 0 Å². The van der Waals surface area contributed by atoms with E-state index in [1.807, 2.05) is 18.7 Å². The number of amides is 1. The third kappa shape index (κ3) is 2.97. The first-order valence-electron chi connectivity index (χ1n) is 4.74. The summed E-state index contributed by atoms with van der Waals surface area (Å²) in [6.45, 7) is 5.84. The summed E-state index contributed by atoms with van der Waals surface area (Å²) in [5, 5.41) is 0. The van der Waals surface area contributed by atoms with E-state index in [-0.39, 0.29) is 18.0 Å². The average molecular weight is 186 g/mol. The molecule has 76 valence electrons. The molecule has 4 heteroatoms. The molecule has 4 nitrogen and oxygen atoms in total. The number of ether oxygens (including phenoxy) is 1. The molecule has 0 aromatic rings. The molecule has 0 bridgehead atoms. The van der Waals surface area contributed by atoms with E-state index in [1.54, 1.807) is 0 Å². The Hall–Kier alpha value is -0.610. The second-order valence-corrected chi connectivity index (χ2v) is 3.69. The zero-order valence-corrected chi connectivity index (χ0v) is 8.32. The van der Waals surface area contributed by atoms with Crippen LogP contribution >= 0.6 is 0 Å². The maximum absolute atomic E-state index is 11.6. The topological polar surface area (TPSA) is 55.6 Å². The Balaban J connectivity index is 2.44. The van der Waals surface area contributed by atoms with Gasteiger partial charge in [0, 0.05) is 19.0 Å². The highest BCUT2D eigenvalue weighted by molar-refractivity contribution is 5.77. The molecule has 1 fully saturated rings. The summed E-state index contributed by atoms with van der Waals surface area (Å²) in [6, 6.07) is 0.141. The van der Waals surface area contributed by atoms with E-state index in [2.05, 4.69) is 0 Å². The number of rotatable bonds is 2. The van der Waals surface area contributed by atoms with Gasteiger partial charge in [0.15, 0.2) is 0 Å². The fraction of sp³-hybridized carbons (Fsp3) is 0.889. The number of morpholine rings is 1. The Morgan fingerprint density at radius 2 is 2.46 bits per heavy atom. The lowest BCUT2D eigenvalue weighted by atomic mass is 10.2. The molecule has 1 heterocycles. The SMILES string of the molecule is CC(N)CC(=O)N1CCOCC1C. The second-order valence-electron chi connectivity index (χ2n) is 3.69. The lowest BCUT2D eigenvalue weighted by Gasteiger charge is -2.33. The zero-order valence-electron chi connectivity index (χ0n) is 8.32.